The summed E-state index contributed by atoms with van der Waals surface area (Å²) < 4.78 is 61.0. The highest BCUT2D eigenvalue weighted by Gasteiger charge is 2.36. The van der Waals surface area contributed by atoms with Gasteiger partial charge in [0.05, 0.1) is 15.4 Å². The molecular weight excluding hydrogens is 275 g/mol. The van der Waals surface area contributed by atoms with E-state index in [1.165, 1.54) is 6.07 Å². The normalized spacial score (nSPS) is 12.4. The zero-order chi connectivity index (χ0) is 13.3. The van der Waals surface area contributed by atoms with E-state index in [0.717, 1.165) is 12.1 Å². The molecular formula is C9H8F3NO2S2. The molecule has 0 amide bonds. The molecule has 0 aliphatic rings. The molecule has 94 valence electrons. The standard InChI is InChI=1S/C9H8F3NO2S2/c10-9(11,12)6-3-1-2-4-7(6)17(14,15)5-8(13)16/h1-4H,5H2,(H2,13,16). The summed E-state index contributed by atoms with van der Waals surface area (Å²) in [7, 11) is -4.16. The van der Waals surface area contributed by atoms with E-state index < -0.39 is 32.2 Å². The van der Waals surface area contributed by atoms with Gasteiger partial charge < -0.3 is 5.73 Å². The van der Waals surface area contributed by atoms with Crippen LogP contribution in [0.25, 0.3) is 0 Å². The summed E-state index contributed by atoms with van der Waals surface area (Å²) in [5.41, 5.74) is 3.83. The van der Waals surface area contributed by atoms with E-state index in [1.54, 1.807) is 0 Å². The summed E-state index contributed by atoms with van der Waals surface area (Å²) in [5, 5.41) is 0. The number of hydrogen-bond donors (Lipinski definition) is 1. The third-order valence-electron chi connectivity index (χ3n) is 1.86. The van der Waals surface area contributed by atoms with Gasteiger partial charge in [0.25, 0.3) is 0 Å². The van der Waals surface area contributed by atoms with Crippen LogP contribution < -0.4 is 5.73 Å². The van der Waals surface area contributed by atoms with Gasteiger partial charge in [0.2, 0.25) is 0 Å². The number of nitrogens with two attached hydrogens (primary N) is 1. The fourth-order valence-electron chi connectivity index (χ4n) is 1.24. The molecule has 0 aliphatic heterocycles. The number of halogens is 3. The summed E-state index contributed by atoms with van der Waals surface area (Å²) in [6.45, 7) is 0. The molecule has 0 unspecified atom stereocenters. The molecule has 0 atom stereocenters. The topological polar surface area (TPSA) is 60.2 Å². The van der Waals surface area contributed by atoms with Gasteiger partial charge >= 0.3 is 6.18 Å². The SMILES string of the molecule is NC(=S)CS(=O)(=O)c1ccccc1C(F)(F)F. The van der Waals surface area contributed by atoms with Crippen LogP contribution in [0, 0.1) is 0 Å². The quantitative estimate of drug-likeness (QED) is 0.859. The fourth-order valence-corrected chi connectivity index (χ4v) is 3.04. The van der Waals surface area contributed by atoms with E-state index in [1.807, 2.05) is 0 Å². The average molecular weight is 283 g/mol. The van der Waals surface area contributed by atoms with Crippen molar-refractivity contribution in [3.8, 4) is 0 Å². The lowest BCUT2D eigenvalue weighted by Gasteiger charge is -2.12. The monoisotopic (exact) mass is 283 g/mol. The van der Waals surface area contributed by atoms with Crippen LogP contribution in [-0.4, -0.2) is 19.2 Å². The Balaban J connectivity index is 3.38. The summed E-state index contributed by atoms with van der Waals surface area (Å²) >= 11 is 4.40. The molecule has 3 nitrogen and oxygen atoms in total. The molecule has 1 aromatic carbocycles. The second kappa shape index (κ2) is 4.61. The molecule has 0 heterocycles. The van der Waals surface area contributed by atoms with Crippen LogP contribution in [-0.2, 0) is 16.0 Å². The Hall–Kier alpha value is -1.15. The van der Waals surface area contributed by atoms with Crippen molar-refractivity contribution < 1.29 is 21.6 Å². The lowest BCUT2D eigenvalue weighted by Crippen LogP contribution is -2.23. The summed E-state index contributed by atoms with van der Waals surface area (Å²) in [6, 6.07) is 3.91. The zero-order valence-corrected chi connectivity index (χ0v) is 9.99. The van der Waals surface area contributed by atoms with E-state index in [4.69, 9.17) is 5.73 Å². The van der Waals surface area contributed by atoms with Gasteiger partial charge in [-0.2, -0.15) is 13.2 Å². The fraction of sp³-hybridized carbons (Fsp3) is 0.222. The molecule has 0 spiro atoms. The minimum absolute atomic E-state index is 0.373. The van der Waals surface area contributed by atoms with Gasteiger partial charge in [-0.3, -0.25) is 0 Å². The highest BCUT2D eigenvalue weighted by Crippen LogP contribution is 2.34. The van der Waals surface area contributed by atoms with Gasteiger partial charge in [0.15, 0.2) is 9.84 Å². The second-order valence-corrected chi connectivity index (χ2v) is 5.70. The lowest BCUT2D eigenvalue weighted by molar-refractivity contribution is -0.139. The van der Waals surface area contributed by atoms with Crippen molar-refractivity contribution in [3.05, 3.63) is 29.8 Å². The minimum atomic E-state index is -4.74. The molecule has 0 aliphatic carbocycles. The van der Waals surface area contributed by atoms with E-state index in [0.29, 0.717) is 6.07 Å². The van der Waals surface area contributed by atoms with Crippen molar-refractivity contribution in [1.29, 1.82) is 0 Å². The van der Waals surface area contributed by atoms with E-state index in [-0.39, 0.29) is 4.99 Å². The number of thiocarbonyl (C=S) groups is 1. The van der Waals surface area contributed by atoms with Crippen LogP contribution in [0.2, 0.25) is 0 Å². The van der Waals surface area contributed by atoms with Crippen LogP contribution in [0.15, 0.2) is 29.2 Å². The van der Waals surface area contributed by atoms with Crippen molar-refractivity contribution in [2.24, 2.45) is 5.73 Å². The molecule has 2 N–H and O–H groups in total. The maximum absolute atomic E-state index is 12.6. The predicted molar refractivity (Wildman–Crippen MR) is 60.3 cm³/mol. The number of alkyl halides is 3. The lowest BCUT2D eigenvalue weighted by atomic mass is 10.2. The molecule has 1 aromatic rings. The summed E-state index contributed by atoms with van der Waals surface area (Å²) in [5.74, 6) is -0.782. The van der Waals surface area contributed by atoms with Gasteiger partial charge in [-0.25, -0.2) is 8.42 Å². The first-order valence-electron chi connectivity index (χ1n) is 4.32. The van der Waals surface area contributed by atoms with Gasteiger partial charge in [0.1, 0.15) is 5.75 Å². The van der Waals surface area contributed by atoms with Crippen molar-refractivity contribution in [2.45, 2.75) is 11.1 Å². The number of benzene rings is 1. The summed E-state index contributed by atoms with van der Waals surface area (Å²) in [4.78, 5) is -1.18. The minimum Gasteiger partial charge on any atom is -0.392 e. The Bertz CT molecular complexity index is 537. The molecule has 17 heavy (non-hydrogen) atoms. The third-order valence-corrected chi connectivity index (χ3v) is 3.90. The van der Waals surface area contributed by atoms with Gasteiger partial charge in [-0.15, -0.1) is 0 Å². The Morgan fingerprint density at radius 1 is 1.29 bits per heavy atom. The molecule has 0 saturated heterocycles. The van der Waals surface area contributed by atoms with Crippen molar-refractivity contribution in [2.75, 3.05) is 5.75 Å². The van der Waals surface area contributed by atoms with Crippen molar-refractivity contribution in [1.82, 2.24) is 0 Å². The van der Waals surface area contributed by atoms with Crippen LogP contribution in [0.3, 0.4) is 0 Å². The van der Waals surface area contributed by atoms with E-state index in [9.17, 15) is 21.6 Å². The Morgan fingerprint density at radius 3 is 2.29 bits per heavy atom. The first kappa shape index (κ1) is 13.9. The van der Waals surface area contributed by atoms with Crippen LogP contribution in [0.4, 0.5) is 13.2 Å². The van der Waals surface area contributed by atoms with E-state index in [2.05, 4.69) is 12.2 Å². The number of rotatable bonds is 3. The summed E-state index contributed by atoms with van der Waals surface area (Å²) in [6.07, 6.45) is -4.74. The molecule has 0 fully saturated rings. The van der Waals surface area contributed by atoms with Crippen LogP contribution >= 0.6 is 12.2 Å². The molecule has 0 saturated carbocycles. The first-order valence-corrected chi connectivity index (χ1v) is 6.38. The highest BCUT2D eigenvalue weighted by atomic mass is 32.2. The van der Waals surface area contributed by atoms with E-state index >= 15 is 0 Å². The van der Waals surface area contributed by atoms with Gasteiger partial charge in [-0.05, 0) is 12.1 Å². The van der Waals surface area contributed by atoms with Gasteiger partial charge in [-0.1, -0.05) is 24.4 Å². The Labute approximate surface area is 101 Å². The maximum Gasteiger partial charge on any atom is 0.417 e. The van der Waals surface area contributed by atoms with Gasteiger partial charge in [0, 0.05) is 0 Å². The Kier molecular flexibility index (Phi) is 3.78. The first-order chi connectivity index (χ1) is 7.64. The largest absolute Gasteiger partial charge is 0.417 e. The highest BCUT2D eigenvalue weighted by molar-refractivity contribution is 7.94. The van der Waals surface area contributed by atoms with Crippen LogP contribution in [0.1, 0.15) is 5.56 Å². The second-order valence-electron chi connectivity index (χ2n) is 3.22. The zero-order valence-electron chi connectivity index (χ0n) is 8.36. The van der Waals surface area contributed by atoms with Crippen molar-refractivity contribution in [3.63, 3.8) is 0 Å². The van der Waals surface area contributed by atoms with Crippen LogP contribution in [0.5, 0.6) is 0 Å². The molecule has 8 heteroatoms. The average Bonchev–Trinajstić information content (AvgIpc) is 2.14. The molecule has 0 bridgehead atoms. The molecule has 0 radical (unpaired) electrons. The Morgan fingerprint density at radius 2 is 1.82 bits per heavy atom. The number of sulfone groups is 1. The molecule has 0 aromatic heterocycles. The smallest absolute Gasteiger partial charge is 0.392 e. The third kappa shape index (κ3) is 3.40. The van der Waals surface area contributed by atoms with Crippen molar-refractivity contribution >= 4 is 27.0 Å². The maximum atomic E-state index is 12.6. The number of hydrogen-bond acceptors (Lipinski definition) is 3. The predicted octanol–water partition coefficient (Wildman–Crippen LogP) is 1.77. The molecule has 1 rings (SSSR count).